The summed E-state index contributed by atoms with van der Waals surface area (Å²) < 4.78 is 57.8. The van der Waals surface area contributed by atoms with E-state index in [1.165, 1.54) is 18.2 Å². The molecule has 2 N–H and O–H groups in total. The van der Waals surface area contributed by atoms with Crippen LogP contribution in [0.4, 0.5) is 17.6 Å². The number of Topliss-reactive ketones (excluding diaryl/α,β-unsaturated/α-hetero) is 1. The fourth-order valence-electron chi connectivity index (χ4n) is 3.51. The van der Waals surface area contributed by atoms with Crippen LogP contribution >= 0.6 is 0 Å². The summed E-state index contributed by atoms with van der Waals surface area (Å²) in [5.74, 6) is -4.82. The van der Waals surface area contributed by atoms with Crippen LogP contribution < -0.4 is 15.6 Å². The zero-order valence-corrected chi connectivity index (χ0v) is 14.3. The minimum atomic E-state index is -4.55. The van der Waals surface area contributed by atoms with Crippen LogP contribution in [0.15, 0.2) is 42.2 Å². The average molecular weight is 382 g/mol. The van der Waals surface area contributed by atoms with Crippen molar-refractivity contribution in [3.8, 4) is 5.75 Å². The number of rotatable bonds is 5. The molecule has 2 aliphatic heterocycles. The number of hydrogen-bond acceptors (Lipinski definition) is 4. The van der Waals surface area contributed by atoms with E-state index in [-0.39, 0.29) is 34.5 Å². The van der Waals surface area contributed by atoms with Crippen molar-refractivity contribution >= 4 is 5.78 Å². The van der Waals surface area contributed by atoms with E-state index in [0.29, 0.717) is 6.42 Å². The molecule has 4 rings (SSSR count). The predicted molar refractivity (Wildman–Crippen MR) is 89.4 cm³/mol. The average Bonchev–Trinajstić information content (AvgIpc) is 3.42. The van der Waals surface area contributed by atoms with Gasteiger partial charge in [-0.05, 0) is 49.6 Å². The molecule has 1 saturated carbocycles. The van der Waals surface area contributed by atoms with Gasteiger partial charge in [0, 0.05) is 34.9 Å². The summed E-state index contributed by atoms with van der Waals surface area (Å²) in [4.78, 5) is 12.5. The molecular weight excluding hydrogens is 364 g/mol. The Labute approximate surface area is 153 Å². The number of hydrogen-bond donors (Lipinski definition) is 2. The molecule has 0 radical (unpaired) electrons. The number of allylic oxidation sites excluding steroid dienone is 3. The zero-order chi connectivity index (χ0) is 19.3. The molecule has 27 heavy (non-hydrogen) atoms. The maximum atomic E-state index is 13.5. The number of nitrogens with one attached hydrogen (secondary N) is 2. The molecule has 3 aliphatic rings. The standard InChI is InChI=1S/C19H18F4N2O2/c20-18(21)11-13-10-12(3-4-15(13)27-19(18,22)23)14(26)5-6-17(7-8-17)16-2-1-9-24-25-16/h1-4,9-10,24-25H,5-8,11H2. The van der Waals surface area contributed by atoms with Gasteiger partial charge in [-0.15, -0.1) is 0 Å². The summed E-state index contributed by atoms with van der Waals surface area (Å²) in [5, 5.41) is 0. The predicted octanol–water partition coefficient (Wildman–Crippen LogP) is 4.10. The highest BCUT2D eigenvalue weighted by Gasteiger charge is 2.62. The summed E-state index contributed by atoms with van der Waals surface area (Å²) in [6.07, 6.45) is 2.71. The highest BCUT2D eigenvalue weighted by molar-refractivity contribution is 5.96. The number of benzene rings is 1. The Bertz CT molecular complexity index is 844. The summed E-state index contributed by atoms with van der Waals surface area (Å²) in [7, 11) is 0. The quantitative estimate of drug-likeness (QED) is 0.595. The first-order chi connectivity index (χ1) is 12.7. The molecule has 0 saturated heterocycles. The summed E-state index contributed by atoms with van der Waals surface area (Å²) in [6, 6.07) is 3.75. The molecule has 0 atom stereocenters. The first-order valence-electron chi connectivity index (χ1n) is 8.72. The normalized spacial score (nSPS) is 23.2. The third-order valence-electron chi connectivity index (χ3n) is 5.36. The van der Waals surface area contributed by atoms with Crippen LogP contribution in [0.5, 0.6) is 5.75 Å². The molecule has 1 fully saturated rings. The number of hydrazine groups is 1. The molecule has 2 heterocycles. The molecular formula is C19H18F4N2O2. The fraction of sp³-hybridized carbons (Fsp3) is 0.421. The van der Waals surface area contributed by atoms with Gasteiger partial charge in [0.05, 0.1) is 6.42 Å². The Morgan fingerprint density at radius 1 is 1.19 bits per heavy atom. The van der Waals surface area contributed by atoms with Crippen molar-refractivity contribution in [2.45, 2.75) is 44.1 Å². The van der Waals surface area contributed by atoms with Gasteiger partial charge in [0.1, 0.15) is 5.75 Å². The largest absolute Gasteiger partial charge is 0.464 e. The van der Waals surface area contributed by atoms with E-state index < -0.39 is 18.5 Å². The number of halogens is 4. The molecule has 1 aromatic carbocycles. The fourth-order valence-corrected chi connectivity index (χ4v) is 3.51. The molecule has 0 bridgehead atoms. The van der Waals surface area contributed by atoms with Crippen LogP contribution in [0.3, 0.4) is 0 Å². The number of ketones is 1. The van der Waals surface area contributed by atoms with Crippen molar-refractivity contribution in [1.82, 2.24) is 10.9 Å². The molecule has 1 aliphatic carbocycles. The zero-order valence-electron chi connectivity index (χ0n) is 14.3. The monoisotopic (exact) mass is 382 g/mol. The number of fused-ring (bicyclic) bond motifs is 1. The third kappa shape index (κ3) is 3.17. The number of carbonyl (C=O) groups excluding carboxylic acids is 1. The Morgan fingerprint density at radius 3 is 2.63 bits per heavy atom. The lowest BCUT2D eigenvalue weighted by Crippen LogP contribution is -2.49. The van der Waals surface area contributed by atoms with Crippen molar-refractivity contribution in [3.05, 3.63) is 53.4 Å². The maximum absolute atomic E-state index is 13.5. The van der Waals surface area contributed by atoms with Crippen LogP contribution in [0.25, 0.3) is 0 Å². The SMILES string of the molecule is O=C(CCC1(C2=CC=CNN2)CC1)c1ccc2c(c1)CC(F)(F)C(F)(F)O2. The van der Waals surface area contributed by atoms with E-state index >= 15 is 0 Å². The van der Waals surface area contributed by atoms with Crippen LogP contribution in [0, 0.1) is 5.41 Å². The summed E-state index contributed by atoms with van der Waals surface area (Å²) in [6.45, 7) is 0. The third-order valence-corrected chi connectivity index (χ3v) is 5.36. The van der Waals surface area contributed by atoms with Gasteiger partial charge < -0.3 is 15.6 Å². The van der Waals surface area contributed by atoms with Gasteiger partial charge in [-0.1, -0.05) is 0 Å². The van der Waals surface area contributed by atoms with Gasteiger partial charge in [-0.2, -0.15) is 17.6 Å². The summed E-state index contributed by atoms with van der Waals surface area (Å²) >= 11 is 0. The van der Waals surface area contributed by atoms with Crippen LogP contribution in [-0.4, -0.2) is 17.8 Å². The lowest BCUT2D eigenvalue weighted by Gasteiger charge is -2.32. The Balaban J connectivity index is 1.46. The molecule has 144 valence electrons. The van der Waals surface area contributed by atoms with E-state index in [1.807, 2.05) is 12.2 Å². The molecule has 4 nitrogen and oxygen atoms in total. The van der Waals surface area contributed by atoms with Crippen molar-refractivity contribution in [2.75, 3.05) is 0 Å². The van der Waals surface area contributed by atoms with Gasteiger partial charge in [-0.25, -0.2) is 0 Å². The lowest BCUT2D eigenvalue weighted by atomic mass is 9.91. The van der Waals surface area contributed by atoms with Crippen LogP contribution in [0.1, 0.15) is 41.6 Å². The van der Waals surface area contributed by atoms with E-state index in [9.17, 15) is 22.4 Å². The first-order valence-corrected chi connectivity index (χ1v) is 8.72. The van der Waals surface area contributed by atoms with Gasteiger partial charge in [0.25, 0.3) is 0 Å². The molecule has 0 spiro atoms. The van der Waals surface area contributed by atoms with E-state index in [1.54, 1.807) is 6.20 Å². The molecule has 0 aromatic heterocycles. The minimum absolute atomic E-state index is 0.0696. The second kappa shape index (κ2) is 6.00. The number of carbonyl (C=O) groups is 1. The second-order valence-electron chi connectivity index (χ2n) is 7.23. The second-order valence-corrected chi connectivity index (χ2v) is 7.23. The van der Waals surface area contributed by atoms with Crippen molar-refractivity contribution in [1.29, 1.82) is 0 Å². The van der Waals surface area contributed by atoms with Gasteiger partial charge in [0.15, 0.2) is 5.78 Å². The number of ether oxygens (including phenoxy) is 1. The van der Waals surface area contributed by atoms with Crippen molar-refractivity contribution in [3.63, 3.8) is 0 Å². The molecule has 8 heteroatoms. The van der Waals surface area contributed by atoms with Crippen LogP contribution in [-0.2, 0) is 6.42 Å². The molecule has 0 amide bonds. The molecule has 0 unspecified atom stereocenters. The topological polar surface area (TPSA) is 50.4 Å². The van der Waals surface area contributed by atoms with E-state index in [4.69, 9.17) is 0 Å². The Kier molecular flexibility index (Phi) is 3.98. The van der Waals surface area contributed by atoms with Gasteiger partial charge in [-0.3, -0.25) is 4.79 Å². The number of alkyl halides is 4. The lowest BCUT2D eigenvalue weighted by molar-refractivity contribution is -0.316. The van der Waals surface area contributed by atoms with Gasteiger partial charge >= 0.3 is 12.0 Å². The van der Waals surface area contributed by atoms with Gasteiger partial charge in [0.2, 0.25) is 0 Å². The highest BCUT2D eigenvalue weighted by atomic mass is 19.3. The minimum Gasteiger partial charge on any atom is -0.428 e. The van der Waals surface area contributed by atoms with E-state index in [2.05, 4.69) is 15.6 Å². The van der Waals surface area contributed by atoms with Crippen LogP contribution in [0.2, 0.25) is 0 Å². The Morgan fingerprint density at radius 2 is 1.96 bits per heavy atom. The molecule has 1 aromatic rings. The van der Waals surface area contributed by atoms with E-state index in [0.717, 1.165) is 18.5 Å². The summed E-state index contributed by atoms with van der Waals surface area (Å²) in [5.41, 5.74) is 7.11. The first kappa shape index (κ1) is 17.9. The van der Waals surface area contributed by atoms with Crippen molar-refractivity contribution < 1.29 is 27.1 Å². The van der Waals surface area contributed by atoms with Crippen molar-refractivity contribution in [2.24, 2.45) is 5.41 Å². The maximum Gasteiger partial charge on any atom is 0.464 e. The smallest absolute Gasteiger partial charge is 0.428 e. The highest BCUT2D eigenvalue weighted by Crippen LogP contribution is 2.54. The Hall–Kier alpha value is -2.51.